The van der Waals surface area contributed by atoms with Crippen LogP contribution in [-0.2, 0) is 0 Å². The third-order valence-corrected chi connectivity index (χ3v) is 3.24. The number of hydrogen-bond donors (Lipinski definition) is 1. The van der Waals surface area contributed by atoms with E-state index in [1.54, 1.807) is 20.5 Å². The van der Waals surface area contributed by atoms with Gasteiger partial charge in [-0.2, -0.15) is 0 Å². The Kier molecular flexibility index (Phi) is 3.91. The normalized spacial score (nSPS) is 10.3. The minimum absolute atomic E-state index is 0.635. The van der Waals surface area contributed by atoms with Crippen LogP contribution < -0.4 is 14.8 Å². The average molecular weight is 296 g/mol. The summed E-state index contributed by atoms with van der Waals surface area (Å²) in [6.07, 6.45) is 1.66. The van der Waals surface area contributed by atoms with E-state index in [4.69, 9.17) is 9.47 Å². The maximum atomic E-state index is 5.17. The lowest BCUT2D eigenvalue weighted by Crippen LogP contribution is -2.01. The smallest absolute Gasteiger partial charge is 0.233 e. The first-order valence-electron chi connectivity index (χ1n) is 6.75. The topological polar surface area (TPSA) is 61.2 Å². The van der Waals surface area contributed by atoms with Gasteiger partial charge in [0.2, 0.25) is 5.95 Å². The van der Waals surface area contributed by atoms with Crippen molar-refractivity contribution in [1.82, 2.24) is 14.8 Å². The number of methoxy groups -OCH3 is 2. The molecule has 0 aliphatic carbocycles. The van der Waals surface area contributed by atoms with Gasteiger partial charge in [-0.15, -0.1) is 10.2 Å². The lowest BCUT2D eigenvalue weighted by atomic mass is 10.3. The second kappa shape index (κ2) is 6.17. The van der Waals surface area contributed by atoms with Crippen LogP contribution in [-0.4, -0.2) is 29.0 Å². The molecule has 0 bridgehead atoms. The molecular weight excluding hydrogens is 280 g/mol. The van der Waals surface area contributed by atoms with Crippen molar-refractivity contribution < 1.29 is 9.47 Å². The lowest BCUT2D eigenvalue weighted by Gasteiger charge is -2.09. The van der Waals surface area contributed by atoms with E-state index < -0.39 is 0 Å². The van der Waals surface area contributed by atoms with Gasteiger partial charge in [-0.25, -0.2) is 0 Å². The maximum Gasteiger partial charge on any atom is 0.233 e. The van der Waals surface area contributed by atoms with Crippen molar-refractivity contribution in [2.75, 3.05) is 19.5 Å². The number of benzene rings is 2. The third-order valence-electron chi connectivity index (χ3n) is 3.24. The van der Waals surface area contributed by atoms with E-state index >= 15 is 0 Å². The molecule has 0 saturated heterocycles. The Bertz CT molecular complexity index is 736. The van der Waals surface area contributed by atoms with E-state index in [0.717, 1.165) is 22.9 Å². The first-order chi connectivity index (χ1) is 10.8. The van der Waals surface area contributed by atoms with E-state index in [1.807, 2.05) is 53.1 Å². The van der Waals surface area contributed by atoms with Crippen molar-refractivity contribution in [2.45, 2.75) is 0 Å². The van der Waals surface area contributed by atoms with Gasteiger partial charge in [0.25, 0.3) is 0 Å². The maximum absolute atomic E-state index is 5.17. The molecular formula is C16H16N4O2. The summed E-state index contributed by atoms with van der Waals surface area (Å²) in [5, 5.41) is 11.3. The second-order valence-electron chi connectivity index (χ2n) is 4.58. The molecule has 112 valence electrons. The standard InChI is InChI=1S/C16H16N4O2/c1-21-14-7-3-12(4-8-14)18-16-19-17-11-20(16)13-5-9-15(22-2)10-6-13/h3-11H,1-2H3,(H,18,19). The van der Waals surface area contributed by atoms with Gasteiger partial charge < -0.3 is 14.8 Å². The molecule has 0 aliphatic rings. The van der Waals surface area contributed by atoms with Crippen LogP contribution in [0.2, 0.25) is 0 Å². The molecule has 0 saturated carbocycles. The van der Waals surface area contributed by atoms with E-state index in [1.165, 1.54) is 0 Å². The zero-order chi connectivity index (χ0) is 15.4. The van der Waals surface area contributed by atoms with Gasteiger partial charge in [-0.05, 0) is 48.5 Å². The SMILES string of the molecule is COc1ccc(Nc2nncn2-c2ccc(OC)cc2)cc1. The van der Waals surface area contributed by atoms with Crippen LogP contribution in [0.15, 0.2) is 54.9 Å². The van der Waals surface area contributed by atoms with Gasteiger partial charge >= 0.3 is 0 Å². The Labute approximate surface area is 128 Å². The Morgan fingerprint density at radius 3 is 2.05 bits per heavy atom. The zero-order valence-corrected chi connectivity index (χ0v) is 12.4. The molecule has 0 fully saturated rings. The molecule has 3 rings (SSSR count). The van der Waals surface area contributed by atoms with Crippen LogP contribution >= 0.6 is 0 Å². The Balaban J connectivity index is 1.84. The quantitative estimate of drug-likeness (QED) is 0.784. The van der Waals surface area contributed by atoms with E-state index in [2.05, 4.69) is 15.5 Å². The molecule has 1 aromatic heterocycles. The van der Waals surface area contributed by atoms with Gasteiger partial charge in [-0.3, -0.25) is 4.57 Å². The summed E-state index contributed by atoms with van der Waals surface area (Å²) >= 11 is 0. The number of rotatable bonds is 5. The van der Waals surface area contributed by atoms with Crippen LogP contribution in [0.3, 0.4) is 0 Å². The monoisotopic (exact) mass is 296 g/mol. The number of aromatic nitrogens is 3. The number of nitrogens with zero attached hydrogens (tertiary/aromatic N) is 3. The summed E-state index contributed by atoms with van der Waals surface area (Å²) in [7, 11) is 3.28. The fourth-order valence-corrected chi connectivity index (χ4v) is 2.06. The van der Waals surface area contributed by atoms with Crippen LogP contribution in [0.4, 0.5) is 11.6 Å². The summed E-state index contributed by atoms with van der Waals surface area (Å²) in [6, 6.07) is 15.3. The van der Waals surface area contributed by atoms with Gasteiger partial charge in [0.1, 0.15) is 17.8 Å². The molecule has 1 N–H and O–H groups in total. The fraction of sp³-hybridized carbons (Fsp3) is 0.125. The molecule has 1 heterocycles. The van der Waals surface area contributed by atoms with E-state index in [9.17, 15) is 0 Å². The van der Waals surface area contributed by atoms with Gasteiger partial charge in [0, 0.05) is 5.69 Å². The summed E-state index contributed by atoms with van der Waals surface area (Å²) in [6.45, 7) is 0. The molecule has 0 atom stereocenters. The van der Waals surface area contributed by atoms with Crippen molar-refractivity contribution in [3.63, 3.8) is 0 Å². The Morgan fingerprint density at radius 2 is 1.45 bits per heavy atom. The van der Waals surface area contributed by atoms with Crippen LogP contribution in [0.5, 0.6) is 11.5 Å². The van der Waals surface area contributed by atoms with E-state index in [0.29, 0.717) is 5.95 Å². The highest BCUT2D eigenvalue weighted by atomic mass is 16.5. The van der Waals surface area contributed by atoms with Gasteiger partial charge in [0.15, 0.2) is 0 Å². The highest BCUT2D eigenvalue weighted by molar-refractivity contribution is 5.56. The predicted molar refractivity (Wildman–Crippen MR) is 84.2 cm³/mol. The van der Waals surface area contributed by atoms with E-state index in [-0.39, 0.29) is 0 Å². The molecule has 3 aromatic rings. The number of anilines is 2. The zero-order valence-electron chi connectivity index (χ0n) is 12.4. The molecule has 0 aliphatic heterocycles. The highest BCUT2D eigenvalue weighted by Crippen LogP contribution is 2.22. The highest BCUT2D eigenvalue weighted by Gasteiger charge is 2.07. The first-order valence-corrected chi connectivity index (χ1v) is 6.75. The first kappa shape index (κ1) is 13.9. The summed E-state index contributed by atoms with van der Waals surface area (Å²) in [5.74, 6) is 2.25. The number of nitrogens with one attached hydrogen (secondary N) is 1. The second-order valence-corrected chi connectivity index (χ2v) is 4.58. The molecule has 6 heteroatoms. The predicted octanol–water partition coefficient (Wildman–Crippen LogP) is 3.03. The lowest BCUT2D eigenvalue weighted by molar-refractivity contribution is 0.414. The number of hydrogen-bond acceptors (Lipinski definition) is 5. The fourth-order valence-electron chi connectivity index (χ4n) is 2.06. The third kappa shape index (κ3) is 2.85. The molecule has 0 radical (unpaired) electrons. The van der Waals surface area contributed by atoms with Crippen LogP contribution in [0, 0.1) is 0 Å². The van der Waals surface area contributed by atoms with Crippen molar-refractivity contribution in [2.24, 2.45) is 0 Å². The Hall–Kier alpha value is -3.02. The summed E-state index contributed by atoms with van der Waals surface area (Å²) < 4.78 is 12.2. The van der Waals surface area contributed by atoms with Crippen molar-refractivity contribution in [3.05, 3.63) is 54.9 Å². The largest absolute Gasteiger partial charge is 0.497 e. The molecule has 0 unspecified atom stereocenters. The van der Waals surface area contributed by atoms with Gasteiger partial charge in [-0.1, -0.05) is 0 Å². The van der Waals surface area contributed by atoms with Crippen LogP contribution in [0.25, 0.3) is 5.69 Å². The average Bonchev–Trinajstić information content (AvgIpc) is 3.04. The van der Waals surface area contributed by atoms with Crippen LogP contribution in [0.1, 0.15) is 0 Å². The van der Waals surface area contributed by atoms with Gasteiger partial charge in [0.05, 0.1) is 19.9 Å². The van der Waals surface area contributed by atoms with Crippen molar-refractivity contribution >= 4 is 11.6 Å². The molecule has 0 amide bonds. The molecule has 6 nitrogen and oxygen atoms in total. The minimum atomic E-state index is 0.635. The molecule has 2 aromatic carbocycles. The summed E-state index contributed by atoms with van der Waals surface area (Å²) in [4.78, 5) is 0. The van der Waals surface area contributed by atoms with Crippen molar-refractivity contribution in [3.8, 4) is 17.2 Å². The minimum Gasteiger partial charge on any atom is -0.497 e. The van der Waals surface area contributed by atoms with Crippen molar-refractivity contribution in [1.29, 1.82) is 0 Å². The molecule has 0 spiro atoms. The summed E-state index contributed by atoms with van der Waals surface area (Å²) in [5.41, 5.74) is 1.85. The Morgan fingerprint density at radius 1 is 0.864 bits per heavy atom. The molecule has 22 heavy (non-hydrogen) atoms. The number of ether oxygens (including phenoxy) is 2.